The van der Waals surface area contributed by atoms with E-state index in [1.54, 1.807) is 43.5 Å². The highest BCUT2D eigenvalue weighted by Gasteiger charge is 2.21. The second kappa shape index (κ2) is 8.07. The van der Waals surface area contributed by atoms with Crippen LogP contribution in [0.5, 0.6) is 0 Å². The smallest absolute Gasteiger partial charge is 0.252 e. The van der Waals surface area contributed by atoms with Crippen molar-refractivity contribution in [3.05, 3.63) is 90.3 Å². The van der Waals surface area contributed by atoms with Gasteiger partial charge in [0.1, 0.15) is 17.6 Å². The van der Waals surface area contributed by atoms with Crippen molar-refractivity contribution in [1.82, 2.24) is 20.4 Å². The van der Waals surface area contributed by atoms with Gasteiger partial charge in [0.05, 0.1) is 17.3 Å². The molecule has 5 aromatic rings. The van der Waals surface area contributed by atoms with Gasteiger partial charge in [-0.05, 0) is 55.5 Å². The summed E-state index contributed by atoms with van der Waals surface area (Å²) in [5.74, 6) is 0.457. The molecule has 1 atom stereocenters. The molecule has 0 radical (unpaired) electrons. The summed E-state index contributed by atoms with van der Waals surface area (Å²) >= 11 is 0. The number of pyridine rings is 1. The Morgan fingerprint density at radius 2 is 1.84 bits per heavy atom. The lowest BCUT2D eigenvalue weighted by Gasteiger charge is -2.12. The first-order valence-electron chi connectivity index (χ1n) is 9.92. The zero-order valence-corrected chi connectivity index (χ0v) is 16.9. The fourth-order valence-electron chi connectivity index (χ4n) is 3.38. The van der Waals surface area contributed by atoms with Gasteiger partial charge >= 0.3 is 0 Å². The minimum Gasteiger partial charge on any atom is -0.463 e. The van der Waals surface area contributed by atoms with Crippen LogP contribution in [-0.2, 0) is 0 Å². The molecule has 1 N–H and O–H groups in total. The molecule has 5 rings (SSSR count). The number of hydrogen-bond acceptors (Lipinski definition) is 6. The summed E-state index contributed by atoms with van der Waals surface area (Å²) in [5, 5.41) is 7.54. The third-order valence-corrected chi connectivity index (χ3v) is 5.00. The Labute approximate surface area is 181 Å². The molecule has 2 aromatic carbocycles. The fourth-order valence-corrected chi connectivity index (χ4v) is 3.38. The van der Waals surface area contributed by atoms with Gasteiger partial charge in [-0.1, -0.05) is 23.4 Å². The molecule has 8 heteroatoms. The Morgan fingerprint density at radius 1 is 1.03 bits per heavy atom. The zero-order valence-electron chi connectivity index (χ0n) is 16.9. The van der Waals surface area contributed by atoms with E-state index < -0.39 is 6.04 Å². The minimum atomic E-state index is -0.553. The van der Waals surface area contributed by atoms with E-state index in [0.29, 0.717) is 39.3 Å². The number of fused-ring (bicyclic) bond motifs is 1. The van der Waals surface area contributed by atoms with Crippen LogP contribution in [0.2, 0.25) is 0 Å². The first-order valence-corrected chi connectivity index (χ1v) is 9.92. The van der Waals surface area contributed by atoms with Crippen molar-refractivity contribution in [2.45, 2.75) is 13.0 Å². The highest BCUT2D eigenvalue weighted by molar-refractivity contribution is 6.07. The number of nitrogens with zero attached hydrogens (tertiary/aromatic N) is 3. The van der Waals surface area contributed by atoms with E-state index in [1.807, 2.05) is 24.3 Å². The highest BCUT2D eigenvalue weighted by Crippen LogP contribution is 2.26. The van der Waals surface area contributed by atoms with Crippen molar-refractivity contribution in [1.29, 1.82) is 0 Å². The molecule has 1 unspecified atom stereocenters. The molecule has 1 amide bonds. The van der Waals surface area contributed by atoms with Gasteiger partial charge < -0.3 is 14.3 Å². The average molecular weight is 428 g/mol. The quantitative estimate of drug-likeness (QED) is 0.415. The van der Waals surface area contributed by atoms with E-state index in [9.17, 15) is 9.18 Å². The molecule has 0 fully saturated rings. The van der Waals surface area contributed by atoms with Gasteiger partial charge in [-0.3, -0.25) is 4.79 Å². The summed E-state index contributed by atoms with van der Waals surface area (Å²) in [4.78, 5) is 22.1. The van der Waals surface area contributed by atoms with Crippen LogP contribution in [0.15, 0.2) is 81.9 Å². The monoisotopic (exact) mass is 428 g/mol. The van der Waals surface area contributed by atoms with E-state index in [4.69, 9.17) is 8.94 Å². The number of nitrogens with one attached hydrogen (secondary N) is 1. The topological polar surface area (TPSA) is 94.1 Å². The van der Waals surface area contributed by atoms with Crippen molar-refractivity contribution in [2.75, 3.05) is 0 Å². The lowest BCUT2D eigenvalue weighted by molar-refractivity contribution is 0.0934. The molecule has 0 bridgehead atoms. The van der Waals surface area contributed by atoms with E-state index >= 15 is 0 Å². The van der Waals surface area contributed by atoms with Crippen molar-refractivity contribution in [3.8, 4) is 22.8 Å². The summed E-state index contributed by atoms with van der Waals surface area (Å²) in [6.07, 6.45) is 1.56. The normalized spacial score (nSPS) is 12.1. The third kappa shape index (κ3) is 3.74. The fraction of sp³-hybridized carbons (Fsp3) is 0.0833. The lowest BCUT2D eigenvalue weighted by Crippen LogP contribution is -2.27. The first-order chi connectivity index (χ1) is 15.6. The van der Waals surface area contributed by atoms with Gasteiger partial charge in [-0.2, -0.15) is 4.98 Å². The molecule has 7 nitrogen and oxygen atoms in total. The number of carbonyl (C=O) groups excluding carboxylic acids is 1. The number of amides is 1. The Balaban J connectivity index is 1.43. The molecule has 32 heavy (non-hydrogen) atoms. The molecule has 158 valence electrons. The van der Waals surface area contributed by atoms with Crippen LogP contribution in [-0.4, -0.2) is 21.0 Å². The third-order valence-electron chi connectivity index (χ3n) is 5.00. The summed E-state index contributed by atoms with van der Waals surface area (Å²) < 4.78 is 23.9. The number of para-hydroxylation sites is 1. The maximum atomic E-state index is 13.2. The number of rotatable bonds is 5. The lowest BCUT2D eigenvalue weighted by atomic mass is 10.1. The molecule has 0 spiro atoms. The van der Waals surface area contributed by atoms with Crippen LogP contribution in [0, 0.1) is 5.82 Å². The maximum Gasteiger partial charge on any atom is 0.252 e. The number of carbonyl (C=O) groups is 1. The minimum absolute atomic E-state index is 0.238. The van der Waals surface area contributed by atoms with Crippen LogP contribution in [0.25, 0.3) is 33.7 Å². The highest BCUT2D eigenvalue weighted by atomic mass is 19.1. The Bertz CT molecular complexity index is 1390. The maximum absolute atomic E-state index is 13.2. The number of benzene rings is 2. The van der Waals surface area contributed by atoms with Crippen LogP contribution in [0.4, 0.5) is 4.39 Å². The van der Waals surface area contributed by atoms with Crippen LogP contribution in [0.3, 0.4) is 0 Å². The second-order valence-corrected chi connectivity index (χ2v) is 7.21. The molecule has 0 aliphatic carbocycles. The van der Waals surface area contributed by atoms with Crippen LogP contribution >= 0.6 is 0 Å². The zero-order chi connectivity index (χ0) is 22.1. The second-order valence-electron chi connectivity index (χ2n) is 7.21. The summed E-state index contributed by atoms with van der Waals surface area (Å²) in [6.45, 7) is 1.75. The average Bonchev–Trinajstić information content (AvgIpc) is 3.51. The summed E-state index contributed by atoms with van der Waals surface area (Å²) in [7, 11) is 0. The Morgan fingerprint density at radius 3 is 2.62 bits per heavy atom. The van der Waals surface area contributed by atoms with Gasteiger partial charge in [0.2, 0.25) is 11.7 Å². The number of halogens is 1. The van der Waals surface area contributed by atoms with Crippen LogP contribution in [0.1, 0.15) is 29.2 Å². The predicted molar refractivity (Wildman–Crippen MR) is 115 cm³/mol. The first kappa shape index (κ1) is 19.6. The van der Waals surface area contributed by atoms with E-state index in [0.717, 1.165) is 0 Å². The predicted octanol–water partition coefficient (Wildman–Crippen LogP) is 5.17. The van der Waals surface area contributed by atoms with Crippen LogP contribution < -0.4 is 5.32 Å². The Hall–Kier alpha value is -4.33. The number of furan rings is 1. The van der Waals surface area contributed by atoms with Gasteiger partial charge in [0, 0.05) is 10.9 Å². The molecule has 3 aromatic heterocycles. The van der Waals surface area contributed by atoms with Gasteiger partial charge in [-0.15, -0.1) is 0 Å². The molecule has 3 heterocycles. The molecule has 0 aliphatic rings. The molecule has 0 saturated heterocycles. The number of aromatic nitrogens is 3. The SMILES string of the molecule is CC(NC(=O)c1cc(-c2ccco2)nc2ccccc12)c1nc(-c2ccc(F)cc2)no1. The Kier molecular flexibility index (Phi) is 4.95. The molecule has 0 saturated carbocycles. The largest absolute Gasteiger partial charge is 0.463 e. The van der Waals surface area contributed by atoms with Gasteiger partial charge in [-0.25, -0.2) is 9.37 Å². The van der Waals surface area contributed by atoms with E-state index in [1.165, 1.54) is 12.1 Å². The summed E-state index contributed by atoms with van der Waals surface area (Å²) in [6, 6.07) is 17.9. The van der Waals surface area contributed by atoms with Crippen molar-refractivity contribution >= 4 is 16.8 Å². The molecule has 0 aliphatic heterocycles. The van der Waals surface area contributed by atoms with Crippen molar-refractivity contribution in [3.63, 3.8) is 0 Å². The summed E-state index contributed by atoms with van der Waals surface area (Å²) in [5.41, 5.74) is 2.30. The van der Waals surface area contributed by atoms with E-state index in [-0.39, 0.29) is 17.6 Å². The van der Waals surface area contributed by atoms with Gasteiger partial charge in [0.25, 0.3) is 5.91 Å². The van der Waals surface area contributed by atoms with Gasteiger partial charge in [0.15, 0.2) is 5.76 Å². The molecular weight excluding hydrogens is 411 g/mol. The van der Waals surface area contributed by atoms with Crippen molar-refractivity contribution in [2.24, 2.45) is 0 Å². The van der Waals surface area contributed by atoms with E-state index in [2.05, 4.69) is 20.4 Å². The molecular formula is C24H17FN4O3. The number of hydrogen-bond donors (Lipinski definition) is 1. The van der Waals surface area contributed by atoms with Crippen molar-refractivity contribution < 1.29 is 18.1 Å². The standard InChI is InChI=1S/C24H17FN4O3/c1-14(24-28-22(29-32-24)15-8-10-16(25)11-9-15)26-23(30)18-13-20(21-7-4-12-31-21)27-19-6-3-2-5-17(18)19/h2-14H,1H3,(H,26,30).